The largest absolute Gasteiger partial charge is 0.497 e. The Morgan fingerprint density at radius 2 is 1.78 bits per heavy atom. The van der Waals surface area contributed by atoms with Crippen molar-refractivity contribution in [3.63, 3.8) is 0 Å². The second-order valence-corrected chi connectivity index (χ2v) is 5.18. The molecule has 2 rings (SSSR count). The summed E-state index contributed by atoms with van der Waals surface area (Å²) < 4.78 is 10.5. The molecular formula is C15H23NO2. The Morgan fingerprint density at radius 1 is 1.17 bits per heavy atom. The summed E-state index contributed by atoms with van der Waals surface area (Å²) >= 11 is 0. The van der Waals surface area contributed by atoms with Crippen LogP contribution in [0.4, 0.5) is 5.69 Å². The number of nitrogens with one attached hydrogen (secondary N) is 1. The van der Waals surface area contributed by atoms with Crippen LogP contribution in [0, 0.1) is 5.92 Å². The lowest BCUT2D eigenvalue weighted by molar-refractivity contribution is 0.286. The van der Waals surface area contributed by atoms with Gasteiger partial charge in [-0.15, -0.1) is 0 Å². The van der Waals surface area contributed by atoms with Crippen LogP contribution >= 0.6 is 0 Å². The molecule has 3 nitrogen and oxygen atoms in total. The van der Waals surface area contributed by atoms with Gasteiger partial charge in [-0.25, -0.2) is 0 Å². The molecule has 1 aromatic carbocycles. The molecule has 0 saturated heterocycles. The van der Waals surface area contributed by atoms with Gasteiger partial charge in [0, 0.05) is 29.9 Å². The Hall–Kier alpha value is -1.38. The summed E-state index contributed by atoms with van der Waals surface area (Å²) in [5.74, 6) is 2.57. The molecule has 1 unspecified atom stereocenters. The van der Waals surface area contributed by atoms with E-state index in [0.717, 1.165) is 23.1 Å². The van der Waals surface area contributed by atoms with Gasteiger partial charge in [-0.2, -0.15) is 0 Å². The van der Waals surface area contributed by atoms with E-state index in [4.69, 9.17) is 9.47 Å². The minimum atomic E-state index is 0.493. The number of hydrogen-bond acceptors (Lipinski definition) is 3. The smallest absolute Gasteiger partial charge is 0.124 e. The third-order valence-electron chi connectivity index (χ3n) is 3.68. The zero-order valence-corrected chi connectivity index (χ0v) is 11.5. The summed E-state index contributed by atoms with van der Waals surface area (Å²) in [5, 5.41) is 3.53. The van der Waals surface area contributed by atoms with Crippen molar-refractivity contribution in [2.75, 3.05) is 19.5 Å². The zero-order chi connectivity index (χ0) is 13.0. The highest BCUT2D eigenvalue weighted by Crippen LogP contribution is 2.32. The summed E-state index contributed by atoms with van der Waals surface area (Å²) in [6, 6.07) is 6.41. The molecule has 1 aliphatic carbocycles. The Labute approximate surface area is 109 Å². The zero-order valence-electron chi connectivity index (χ0n) is 11.5. The highest BCUT2D eigenvalue weighted by Gasteiger charge is 2.19. The molecule has 3 heteroatoms. The molecule has 0 bridgehead atoms. The van der Waals surface area contributed by atoms with Crippen LogP contribution in [-0.4, -0.2) is 20.3 Å². The molecule has 18 heavy (non-hydrogen) atoms. The van der Waals surface area contributed by atoms with E-state index in [2.05, 4.69) is 12.2 Å². The second-order valence-electron chi connectivity index (χ2n) is 5.18. The average Bonchev–Trinajstić information content (AvgIpc) is 2.33. The lowest BCUT2D eigenvalue weighted by Gasteiger charge is -2.29. The standard InChI is InChI=1S/C15H23NO2/c1-11(7-12-5-4-6-12)16-13-8-14(17-2)10-15(9-13)18-3/h8-12,16H,4-7H2,1-3H3. The predicted molar refractivity (Wildman–Crippen MR) is 74.6 cm³/mol. The first-order chi connectivity index (χ1) is 8.71. The number of rotatable bonds is 6. The molecule has 1 aromatic rings. The van der Waals surface area contributed by atoms with E-state index in [1.807, 2.05) is 18.2 Å². The summed E-state index contributed by atoms with van der Waals surface area (Å²) in [5.41, 5.74) is 1.07. The molecule has 1 aliphatic rings. The maximum atomic E-state index is 5.27. The van der Waals surface area contributed by atoms with E-state index in [-0.39, 0.29) is 0 Å². The van der Waals surface area contributed by atoms with Crippen LogP contribution in [0.25, 0.3) is 0 Å². The number of ether oxygens (including phenoxy) is 2. The maximum absolute atomic E-state index is 5.27. The maximum Gasteiger partial charge on any atom is 0.124 e. The minimum absolute atomic E-state index is 0.493. The van der Waals surface area contributed by atoms with Crippen molar-refractivity contribution < 1.29 is 9.47 Å². The van der Waals surface area contributed by atoms with E-state index in [9.17, 15) is 0 Å². The Morgan fingerprint density at radius 3 is 2.22 bits per heavy atom. The summed E-state index contributed by atoms with van der Waals surface area (Å²) in [6.45, 7) is 2.24. The van der Waals surface area contributed by atoms with Crippen molar-refractivity contribution in [2.45, 2.75) is 38.6 Å². The highest BCUT2D eigenvalue weighted by molar-refractivity contribution is 5.54. The fourth-order valence-corrected chi connectivity index (χ4v) is 2.46. The van der Waals surface area contributed by atoms with Crippen LogP contribution in [0.5, 0.6) is 11.5 Å². The van der Waals surface area contributed by atoms with Crippen molar-refractivity contribution >= 4 is 5.69 Å². The monoisotopic (exact) mass is 249 g/mol. The molecule has 0 aliphatic heterocycles. The van der Waals surface area contributed by atoms with Crippen molar-refractivity contribution in [1.29, 1.82) is 0 Å². The van der Waals surface area contributed by atoms with E-state index >= 15 is 0 Å². The molecule has 1 N–H and O–H groups in total. The molecule has 0 spiro atoms. The lowest BCUT2D eigenvalue weighted by atomic mass is 9.81. The predicted octanol–water partition coefficient (Wildman–Crippen LogP) is 3.69. The van der Waals surface area contributed by atoms with Gasteiger partial charge < -0.3 is 14.8 Å². The normalized spacial score (nSPS) is 16.8. The SMILES string of the molecule is COc1cc(NC(C)CC2CCC2)cc(OC)c1. The molecule has 1 atom stereocenters. The van der Waals surface area contributed by atoms with Crippen molar-refractivity contribution in [1.82, 2.24) is 0 Å². The second kappa shape index (κ2) is 5.98. The van der Waals surface area contributed by atoms with Gasteiger partial charge in [-0.1, -0.05) is 19.3 Å². The Kier molecular flexibility index (Phi) is 4.34. The number of benzene rings is 1. The van der Waals surface area contributed by atoms with Crippen LogP contribution < -0.4 is 14.8 Å². The van der Waals surface area contributed by atoms with Gasteiger partial charge in [0.2, 0.25) is 0 Å². The van der Waals surface area contributed by atoms with Crippen molar-refractivity contribution in [3.05, 3.63) is 18.2 Å². The number of anilines is 1. The summed E-state index contributed by atoms with van der Waals surface area (Å²) in [6.07, 6.45) is 5.45. The van der Waals surface area contributed by atoms with Gasteiger partial charge in [0.1, 0.15) is 11.5 Å². The molecule has 1 fully saturated rings. The van der Waals surface area contributed by atoms with E-state index in [1.54, 1.807) is 14.2 Å². The molecule has 0 heterocycles. The molecule has 0 amide bonds. The molecule has 1 saturated carbocycles. The lowest BCUT2D eigenvalue weighted by Crippen LogP contribution is -2.23. The summed E-state index contributed by atoms with van der Waals surface area (Å²) in [4.78, 5) is 0. The Bertz CT molecular complexity index is 366. The molecular weight excluding hydrogens is 226 g/mol. The van der Waals surface area contributed by atoms with Gasteiger partial charge in [-0.05, 0) is 19.3 Å². The fourth-order valence-electron chi connectivity index (χ4n) is 2.46. The van der Waals surface area contributed by atoms with Gasteiger partial charge in [-0.3, -0.25) is 0 Å². The minimum Gasteiger partial charge on any atom is -0.497 e. The number of methoxy groups -OCH3 is 2. The van der Waals surface area contributed by atoms with Crippen LogP contribution in [0.15, 0.2) is 18.2 Å². The highest BCUT2D eigenvalue weighted by atomic mass is 16.5. The summed E-state index contributed by atoms with van der Waals surface area (Å²) in [7, 11) is 3.35. The fraction of sp³-hybridized carbons (Fsp3) is 0.600. The first-order valence-electron chi connectivity index (χ1n) is 6.71. The van der Waals surface area contributed by atoms with Crippen molar-refractivity contribution in [3.8, 4) is 11.5 Å². The molecule has 0 radical (unpaired) electrons. The van der Waals surface area contributed by atoms with Crippen LogP contribution in [-0.2, 0) is 0 Å². The van der Waals surface area contributed by atoms with Gasteiger partial charge in [0.15, 0.2) is 0 Å². The van der Waals surface area contributed by atoms with E-state index in [0.29, 0.717) is 6.04 Å². The van der Waals surface area contributed by atoms with Gasteiger partial charge in [0.25, 0.3) is 0 Å². The quantitative estimate of drug-likeness (QED) is 0.834. The van der Waals surface area contributed by atoms with Crippen LogP contribution in [0.2, 0.25) is 0 Å². The van der Waals surface area contributed by atoms with Gasteiger partial charge >= 0.3 is 0 Å². The molecule has 0 aromatic heterocycles. The van der Waals surface area contributed by atoms with E-state index in [1.165, 1.54) is 25.7 Å². The first kappa shape index (κ1) is 13.1. The van der Waals surface area contributed by atoms with Crippen molar-refractivity contribution in [2.24, 2.45) is 5.92 Å². The average molecular weight is 249 g/mol. The first-order valence-corrected chi connectivity index (χ1v) is 6.71. The van der Waals surface area contributed by atoms with Crippen LogP contribution in [0.3, 0.4) is 0 Å². The third kappa shape index (κ3) is 3.31. The van der Waals surface area contributed by atoms with E-state index < -0.39 is 0 Å². The Balaban J connectivity index is 1.97. The number of hydrogen-bond donors (Lipinski definition) is 1. The third-order valence-corrected chi connectivity index (χ3v) is 3.68. The topological polar surface area (TPSA) is 30.5 Å². The van der Waals surface area contributed by atoms with Gasteiger partial charge in [0.05, 0.1) is 14.2 Å². The molecule has 100 valence electrons. The van der Waals surface area contributed by atoms with Crippen LogP contribution in [0.1, 0.15) is 32.6 Å².